The number of hydrogen-bond donors (Lipinski definition) is 1. The van der Waals surface area contributed by atoms with Gasteiger partial charge in [0, 0.05) is 23.3 Å². The van der Waals surface area contributed by atoms with E-state index in [1.165, 1.54) is 44.4 Å². The van der Waals surface area contributed by atoms with Crippen molar-refractivity contribution in [2.24, 2.45) is 5.10 Å². The van der Waals surface area contributed by atoms with Crippen LogP contribution < -0.4 is 14.2 Å². The Hall–Kier alpha value is -3.73. The van der Waals surface area contributed by atoms with E-state index in [4.69, 9.17) is 26.4 Å². The minimum Gasteiger partial charge on any atom is -0.493 e. The number of benzene rings is 2. The molecule has 0 unspecified atom stereocenters. The van der Waals surface area contributed by atoms with Crippen molar-refractivity contribution in [1.82, 2.24) is 14.9 Å². The number of ether oxygens (including phenoxy) is 3. The van der Waals surface area contributed by atoms with Gasteiger partial charge in [-0.1, -0.05) is 12.1 Å². The maximum Gasteiger partial charge on any atom is 0.270 e. The van der Waals surface area contributed by atoms with Gasteiger partial charge in [0.2, 0.25) is 10.5 Å². The molecule has 0 radical (unpaired) electrons. The first-order chi connectivity index (χ1) is 14.0. The second-order valence-corrected chi connectivity index (χ2v) is 6.06. The molecule has 11 heteroatoms. The van der Waals surface area contributed by atoms with Crippen LogP contribution in [0.1, 0.15) is 5.56 Å². The molecule has 29 heavy (non-hydrogen) atoms. The molecule has 0 bridgehead atoms. The summed E-state index contributed by atoms with van der Waals surface area (Å²) in [5.41, 5.74) is 1.12. The van der Waals surface area contributed by atoms with Gasteiger partial charge in [-0.2, -0.15) is 14.9 Å². The second-order valence-electron chi connectivity index (χ2n) is 5.67. The standard InChI is InChI=1S/C18H17N5O5S/c1-26-14-8-12(9-15(27-2)16(14)28-3)17-20-21-18(29)22(17)19-10-11-5-4-6-13(7-11)23(24)25/h4-10H,1-3H3,(H,21,29)/b19-10+. The van der Waals surface area contributed by atoms with Crippen LogP contribution in [0.15, 0.2) is 41.5 Å². The van der Waals surface area contributed by atoms with Gasteiger partial charge in [-0.3, -0.25) is 10.1 Å². The largest absolute Gasteiger partial charge is 0.493 e. The third-order valence-electron chi connectivity index (χ3n) is 3.98. The Morgan fingerprint density at radius 3 is 2.45 bits per heavy atom. The molecule has 3 aromatic rings. The van der Waals surface area contributed by atoms with Gasteiger partial charge in [0.1, 0.15) is 0 Å². The van der Waals surface area contributed by atoms with Crippen LogP contribution in [0.25, 0.3) is 11.4 Å². The predicted octanol–water partition coefficient (Wildman–Crippen LogP) is 3.42. The topological polar surface area (TPSA) is 117 Å². The fraction of sp³-hybridized carbons (Fsp3) is 0.167. The van der Waals surface area contributed by atoms with Crippen molar-refractivity contribution in [3.63, 3.8) is 0 Å². The lowest BCUT2D eigenvalue weighted by molar-refractivity contribution is -0.384. The highest BCUT2D eigenvalue weighted by Gasteiger charge is 2.17. The van der Waals surface area contributed by atoms with E-state index in [1.807, 2.05) is 0 Å². The molecule has 1 N–H and O–H groups in total. The van der Waals surface area contributed by atoms with Gasteiger partial charge in [0.05, 0.1) is 32.5 Å². The van der Waals surface area contributed by atoms with Crippen molar-refractivity contribution >= 4 is 24.1 Å². The monoisotopic (exact) mass is 415 g/mol. The van der Waals surface area contributed by atoms with Crippen molar-refractivity contribution < 1.29 is 19.1 Å². The van der Waals surface area contributed by atoms with Crippen LogP contribution in [0.5, 0.6) is 17.2 Å². The first kappa shape index (κ1) is 20.0. The number of nitrogens with zero attached hydrogens (tertiary/aromatic N) is 4. The average Bonchev–Trinajstić information content (AvgIpc) is 3.11. The molecule has 2 aromatic carbocycles. The van der Waals surface area contributed by atoms with Crippen LogP contribution >= 0.6 is 12.2 Å². The normalized spacial score (nSPS) is 10.9. The van der Waals surface area contributed by atoms with Crippen LogP contribution in [0, 0.1) is 14.9 Å². The Morgan fingerprint density at radius 2 is 1.86 bits per heavy atom. The van der Waals surface area contributed by atoms with Gasteiger partial charge in [0.15, 0.2) is 17.3 Å². The Morgan fingerprint density at radius 1 is 1.17 bits per heavy atom. The van der Waals surface area contributed by atoms with Crippen molar-refractivity contribution in [2.45, 2.75) is 0 Å². The van der Waals surface area contributed by atoms with Gasteiger partial charge < -0.3 is 14.2 Å². The van der Waals surface area contributed by atoms with Crippen LogP contribution in [0.2, 0.25) is 0 Å². The molecule has 0 aliphatic heterocycles. The lowest BCUT2D eigenvalue weighted by atomic mass is 10.1. The Kier molecular flexibility index (Phi) is 5.88. The minimum atomic E-state index is -0.470. The van der Waals surface area contributed by atoms with E-state index in [2.05, 4.69) is 15.3 Å². The van der Waals surface area contributed by atoms with E-state index in [0.29, 0.717) is 34.2 Å². The minimum absolute atomic E-state index is 0.0328. The number of nitro benzene ring substituents is 1. The first-order valence-electron chi connectivity index (χ1n) is 8.25. The molecule has 0 aliphatic rings. The summed E-state index contributed by atoms with van der Waals surface area (Å²) in [6.07, 6.45) is 1.46. The molecular formula is C18H17N5O5S. The number of non-ortho nitro benzene ring substituents is 1. The molecule has 1 aromatic heterocycles. The Labute approximate surface area is 170 Å². The number of H-pyrrole nitrogens is 1. The number of nitro groups is 1. The summed E-state index contributed by atoms with van der Waals surface area (Å²) in [5.74, 6) is 1.74. The smallest absolute Gasteiger partial charge is 0.270 e. The number of methoxy groups -OCH3 is 3. The van der Waals surface area contributed by atoms with E-state index < -0.39 is 4.92 Å². The molecule has 0 amide bonds. The van der Waals surface area contributed by atoms with Crippen LogP contribution in [-0.4, -0.2) is 47.3 Å². The third kappa shape index (κ3) is 4.09. The second kappa shape index (κ2) is 8.52. The highest BCUT2D eigenvalue weighted by molar-refractivity contribution is 7.71. The van der Waals surface area contributed by atoms with Crippen LogP contribution in [0.3, 0.4) is 0 Å². The zero-order valence-electron chi connectivity index (χ0n) is 15.8. The Bertz CT molecular complexity index is 1110. The molecule has 10 nitrogen and oxygen atoms in total. The number of aromatic nitrogens is 3. The number of nitrogens with one attached hydrogen (secondary N) is 1. The quantitative estimate of drug-likeness (QED) is 0.272. The zero-order chi connectivity index (χ0) is 21.0. The summed E-state index contributed by atoms with van der Waals surface area (Å²) in [6.45, 7) is 0. The molecular weight excluding hydrogens is 398 g/mol. The fourth-order valence-corrected chi connectivity index (χ4v) is 2.82. The molecule has 0 saturated carbocycles. The molecule has 0 atom stereocenters. The summed E-state index contributed by atoms with van der Waals surface area (Å²) in [4.78, 5) is 10.5. The van der Waals surface area contributed by atoms with Gasteiger partial charge in [0.25, 0.3) is 5.69 Å². The predicted molar refractivity (Wildman–Crippen MR) is 109 cm³/mol. The molecule has 0 fully saturated rings. The molecule has 1 heterocycles. The van der Waals surface area contributed by atoms with Crippen LogP contribution in [0.4, 0.5) is 5.69 Å². The Balaban J connectivity index is 2.06. The maximum absolute atomic E-state index is 10.9. The van der Waals surface area contributed by atoms with Gasteiger partial charge in [-0.25, -0.2) is 5.10 Å². The third-order valence-corrected chi connectivity index (χ3v) is 4.24. The van der Waals surface area contributed by atoms with Gasteiger partial charge in [-0.05, 0) is 24.4 Å². The molecule has 0 aliphatic carbocycles. The molecule has 150 valence electrons. The highest BCUT2D eigenvalue weighted by Crippen LogP contribution is 2.40. The van der Waals surface area contributed by atoms with Gasteiger partial charge >= 0.3 is 0 Å². The highest BCUT2D eigenvalue weighted by atomic mass is 32.1. The first-order valence-corrected chi connectivity index (χ1v) is 8.66. The summed E-state index contributed by atoms with van der Waals surface area (Å²) in [6, 6.07) is 9.51. The van der Waals surface area contributed by atoms with Crippen molar-refractivity contribution in [3.8, 4) is 28.6 Å². The fourth-order valence-electron chi connectivity index (χ4n) is 2.64. The lowest BCUT2D eigenvalue weighted by Crippen LogP contribution is -1.99. The summed E-state index contributed by atoms with van der Waals surface area (Å²) >= 11 is 5.26. The van der Waals surface area contributed by atoms with Crippen molar-refractivity contribution in [3.05, 3.63) is 56.8 Å². The number of aromatic amines is 1. The van der Waals surface area contributed by atoms with Crippen molar-refractivity contribution in [2.75, 3.05) is 21.3 Å². The molecule has 3 rings (SSSR count). The zero-order valence-corrected chi connectivity index (χ0v) is 16.6. The maximum atomic E-state index is 10.9. The van der Waals surface area contributed by atoms with Crippen LogP contribution in [-0.2, 0) is 0 Å². The SMILES string of the molecule is COc1cc(-c2n[nH]c(=S)n2/N=C/c2cccc([N+](=O)[O-])c2)cc(OC)c1OC. The van der Waals surface area contributed by atoms with E-state index >= 15 is 0 Å². The molecule has 0 saturated heterocycles. The van der Waals surface area contributed by atoms with E-state index in [1.54, 1.807) is 24.3 Å². The molecule has 0 spiro atoms. The number of hydrogen-bond acceptors (Lipinski definition) is 8. The lowest BCUT2D eigenvalue weighted by Gasteiger charge is -2.13. The number of rotatable bonds is 7. The summed E-state index contributed by atoms with van der Waals surface area (Å²) in [7, 11) is 4.54. The van der Waals surface area contributed by atoms with E-state index in [9.17, 15) is 10.1 Å². The average molecular weight is 415 g/mol. The summed E-state index contributed by atoms with van der Waals surface area (Å²) in [5, 5.41) is 22.2. The van der Waals surface area contributed by atoms with Gasteiger partial charge in [-0.15, -0.1) is 0 Å². The van der Waals surface area contributed by atoms with E-state index in [0.717, 1.165) is 0 Å². The summed E-state index contributed by atoms with van der Waals surface area (Å²) < 4.78 is 17.7. The van der Waals surface area contributed by atoms with E-state index in [-0.39, 0.29) is 10.5 Å². The van der Waals surface area contributed by atoms with Crippen molar-refractivity contribution in [1.29, 1.82) is 0 Å².